The summed E-state index contributed by atoms with van der Waals surface area (Å²) >= 11 is 6.26. The maximum absolute atomic E-state index is 13.2. The molecule has 11 heteroatoms. The predicted molar refractivity (Wildman–Crippen MR) is 169 cm³/mol. The molecule has 2 unspecified atom stereocenters. The minimum Gasteiger partial charge on any atom is -0.495 e. The molecule has 0 saturated carbocycles. The van der Waals surface area contributed by atoms with Gasteiger partial charge in [-0.15, -0.1) is 0 Å². The van der Waals surface area contributed by atoms with Crippen LogP contribution in [0.15, 0.2) is 66.8 Å². The van der Waals surface area contributed by atoms with Crippen molar-refractivity contribution in [1.82, 2.24) is 10.6 Å². The maximum atomic E-state index is 13.2. The molecule has 0 radical (unpaired) electrons. The fourth-order valence-electron chi connectivity index (χ4n) is 4.43. The van der Waals surface area contributed by atoms with Crippen molar-refractivity contribution < 1.29 is 38.2 Å². The molecule has 2 amide bonds. The van der Waals surface area contributed by atoms with Gasteiger partial charge in [-0.05, 0) is 47.8 Å². The lowest BCUT2D eigenvalue weighted by atomic mass is 10.0. The highest BCUT2D eigenvalue weighted by molar-refractivity contribution is 6.32. The number of carbonyl (C=O) groups excluding carboxylic acids is 5. The lowest BCUT2D eigenvalue weighted by molar-refractivity contribution is -0.175. The van der Waals surface area contributed by atoms with Crippen molar-refractivity contribution in [3.05, 3.63) is 82.9 Å². The van der Waals surface area contributed by atoms with Crippen LogP contribution in [0.2, 0.25) is 5.02 Å². The summed E-state index contributed by atoms with van der Waals surface area (Å²) in [7, 11) is 1.48. The van der Waals surface area contributed by atoms with E-state index in [4.69, 9.17) is 25.8 Å². The third kappa shape index (κ3) is 11.2. The zero-order valence-electron chi connectivity index (χ0n) is 25.8. The first-order valence-electron chi connectivity index (χ1n) is 14.7. The van der Waals surface area contributed by atoms with Crippen LogP contribution >= 0.6 is 11.6 Å². The molecule has 2 aromatic rings. The van der Waals surface area contributed by atoms with Crippen molar-refractivity contribution in [2.24, 2.45) is 11.8 Å². The molecule has 1 aliphatic heterocycles. The Bertz CT molecular complexity index is 1420. The quantitative estimate of drug-likeness (QED) is 0.324. The van der Waals surface area contributed by atoms with Gasteiger partial charge in [0, 0.05) is 19.4 Å². The topological polar surface area (TPSA) is 137 Å². The number of hydrogen-bond donors (Lipinski definition) is 2. The van der Waals surface area contributed by atoms with Crippen LogP contribution < -0.4 is 15.4 Å². The molecule has 10 nitrogen and oxygen atoms in total. The highest BCUT2D eigenvalue weighted by Gasteiger charge is 2.32. The fourth-order valence-corrected chi connectivity index (χ4v) is 4.71. The summed E-state index contributed by atoms with van der Waals surface area (Å²) in [5, 5.41) is 5.69. The zero-order valence-corrected chi connectivity index (χ0v) is 26.5. The van der Waals surface area contributed by atoms with Crippen molar-refractivity contribution >= 4 is 47.2 Å². The molecular weight excluding hydrogens is 600 g/mol. The smallest absolute Gasteiger partial charge is 0.348 e. The van der Waals surface area contributed by atoms with Crippen molar-refractivity contribution in [2.45, 2.75) is 58.3 Å². The molecule has 0 saturated heterocycles. The lowest BCUT2D eigenvalue weighted by Crippen LogP contribution is -2.49. The van der Waals surface area contributed by atoms with E-state index in [0.29, 0.717) is 16.3 Å². The molecule has 0 fully saturated rings. The molecule has 240 valence electrons. The molecule has 3 rings (SSSR count). The Morgan fingerprint density at radius 3 is 2.47 bits per heavy atom. The van der Waals surface area contributed by atoms with E-state index in [2.05, 4.69) is 10.6 Å². The van der Waals surface area contributed by atoms with Crippen LogP contribution in [0.3, 0.4) is 0 Å². The molecule has 1 aliphatic rings. The predicted octanol–water partition coefficient (Wildman–Crippen LogP) is 4.24. The number of rotatable bonds is 8. The summed E-state index contributed by atoms with van der Waals surface area (Å²) in [5.74, 6) is -3.67. The zero-order chi connectivity index (χ0) is 32.9. The highest BCUT2D eigenvalue weighted by Crippen LogP contribution is 2.25. The summed E-state index contributed by atoms with van der Waals surface area (Å²) in [4.78, 5) is 65.5. The maximum Gasteiger partial charge on any atom is 0.348 e. The Labute approximate surface area is 268 Å². The first-order valence-corrected chi connectivity index (χ1v) is 15.1. The summed E-state index contributed by atoms with van der Waals surface area (Å²) in [6, 6.07) is 13.1. The van der Waals surface area contributed by atoms with Gasteiger partial charge in [-0.2, -0.15) is 0 Å². The first-order chi connectivity index (χ1) is 21.5. The molecule has 1 heterocycles. The van der Waals surface area contributed by atoms with Crippen LogP contribution in [0, 0.1) is 11.8 Å². The SMILES string of the molecule is COc1ccc(CC2NC(=O)/C=C/CC(C(=O)/C=C/c3ccccc3)OC(=O)[C@H](CC(C)C)OC(=O)[C@H](C)CNC2=O)cc1Cl. The van der Waals surface area contributed by atoms with E-state index >= 15 is 0 Å². The fraction of sp³-hybridized carbons (Fsp3) is 0.382. The number of benzene rings is 2. The second-order valence-corrected chi connectivity index (χ2v) is 11.6. The third-order valence-electron chi connectivity index (χ3n) is 6.92. The number of methoxy groups -OCH3 is 1. The Kier molecular flexibility index (Phi) is 13.4. The van der Waals surface area contributed by atoms with Crippen LogP contribution in [0.1, 0.15) is 44.7 Å². The van der Waals surface area contributed by atoms with Crippen molar-refractivity contribution in [3.8, 4) is 5.75 Å². The second kappa shape index (κ2) is 17.2. The summed E-state index contributed by atoms with van der Waals surface area (Å²) in [5.41, 5.74) is 1.43. The van der Waals surface area contributed by atoms with E-state index in [-0.39, 0.29) is 31.7 Å². The number of amides is 2. The number of carbonyl (C=O) groups is 5. The molecule has 2 aromatic carbocycles. The number of ether oxygens (including phenoxy) is 3. The molecular formula is C34H39ClN2O8. The lowest BCUT2D eigenvalue weighted by Gasteiger charge is -2.24. The second-order valence-electron chi connectivity index (χ2n) is 11.1. The monoisotopic (exact) mass is 638 g/mol. The molecule has 0 aliphatic carbocycles. The molecule has 0 spiro atoms. The van der Waals surface area contributed by atoms with Crippen LogP contribution in [-0.4, -0.2) is 61.4 Å². The third-order valence-corrected chi connectivity index (χ3v) is 7.21. The number of esters is 2. The van der Waals surface area contributed by atoms with Gasteiger partial charge in [-0.1, -0.05) is 80.9 Å². The Morgan fingerprint density at radius 1 is 1.07 bits per heavy atom. The van der Waals surface area contributed by atoms with Crippen LogP contribution in [0.25, 0.3) is 6.08 Å². The van der Waals surface area contributed by atoms with Gasteiger partial charge in [0.2, 0.25) is 11.8 Å². The summed E-state index contributed by atoms with van der Waals surface area (Å²) < 4.78 is 16.3. The van der Waals surface area contributed by atoms with Gasteiger partial charge in [0.25, 0.3) is 0 Å². The number of cyclic esters (lactones) is 2. The van der Waals surface area contributed by atoms with Gasteiger partial charge in [0.15, 0.2) is 18.0 Å². The molecule has 2 N–H and O–H groups in total. The Hall–Kier alpha value is -4.44. The molecule has 0 aromatic heterocycles. The molecule has 0 bridgehead atoms. The first kappa shape index (κ1) is 35.0. The van der Waals surface area contributed by atoms with Gasteiger partial charge in [-0.3, -0.25) is 19.2 Å². The Balaban J connectivity index is 1.90. The van der Waals surface area contributed by atoms with Crippen molar-refractivity contribution in [1.29, 1.82) is 0 Å². The minimum atomic E-state index is -1.29. The van der Waals surface area contributed by atoms with Crippen molar-refractivity contribution in [3.63, 3.8) is 0 Å². The average molecular weight is 639 g/mol. The number of ketones is 1. The van der Waals surface area contributed by atoms with Crippen LogP contribution in [0.5, 0.6) is 5.75 Å². The van der Waals surface area contributed by atoms with E-state index in [1.165, 1.54) is 25.3 Å². The van der Waals surface area contributed by atoms with E-state index < -0.39 is 53.7 Å². The number of nitrogens with one attached hydrogen (secondary N) is 2. The van der Waals surface area contributed by atoms with E-state index in [9.17, 15) is 24.0 Å². The van der Waals surface area contributed by atoms with Crippen molar-refractivity contribution in [2.75, 3.05) is 13.7 Å². The standard InChI is InChI=1S/C34H39ClN2O8/c1-21(2)17-30-34(42)44-29(27(38)15-13-23-9-6-5-7-10-23)11-8-12-31(39)37-26(32(40)36-20-22(3)33(41)45-30)19-24-14-16-28(43-4)25(35)18-24/h5-10,12-16,18,21-22,26,29-30H,11,17,19-20H2,1-4H3,(H,36,40)(H,37,39)/b12-8+,15-13+/t22-,26?,29?,30+/m1/s1. The largest absolute Gasteiger partial charge is 0.495 e. The van der Waals surface area contributed by atoms with Gasteiger partial charge in [0.1, 0.15) is 11.8 Å². The minimum absolute atomic E-state index is 0.0427. The summed E-state index contributed by atoms with van der Waals surface area (Å²) in [6.07, 6.45) is 3.01. The van der Waals surface area contributed by atoms with Gasteiger partial charge in [-0.25, -0.2) is 4.79 Å². The van der Waals surface area contributed by atoms with E-state index in [0.717, 1.165) is 5.56 Å². The average Bonchev–Trinajstić information content (AvgIpc) is 3.01. The van der Waals surface area contributed by atoms with Gasteiger partial charge >= 0.3 is 11.9 Å². The Morgan fingerprint density at radius 2 is 1.80 bits per heavy atom. The molecule has 4 atom stereocenters. The van der Waals surface area contributed by atoms with E-state index in [1.807, 2.05) is 44.2 Å². The summed E-state index contributed by atoms with van der Waals surface area (Å²) in [6.45, 7) is 5.14. The normalized spacial score (nSPS) is 22.7. The van der Waals surface area contributed by atoms with Gasteiger partial charge in [0.05, 0.1) is 18.1 Å². The van der Waals surface area contributed by atoms with Crippen LogP contribution in [0.4, 0.5) is 0 Å². The number of hydrogen-bond acceptors (Lipinski definition) is 8. The van der Waals surface area contributed by atoms with E-state index in [1.54, 1.807) is 31.2 Å². The van der Waals surface area contributed by atoms with Crippen LogP contribution in [-0.2, 0) is 39.9 Å². The number of halogens is 1. The highest BCUT2D eigenvalue weighted by atomic mass is 35.5. The van der Waals surface area contributed by atoms with Gasteiger partial charge < -0.3 is 24.8 Å². The molecule has 45 heavy (non-hydrogen) atoms.